The third-order valence-corrected chi connectivity index (χ3v) is 5.39. The average molecular weight is 384 g/mol. The summed E-state index contributed by atoms with van der Waals surface area (Å²) in [4.78, 5) is 15.2. The van der Waals surface area contributed by atoms with Crippen molar-refractivity contribution in [1.82, 2.24) is 14.7 Å². The molecule has 0 radical (unpaired) electrons. The van der Waals surface area contributed by atoms with Gasteiger partial charge >= 0.3 is 0 Å². The molecule has 1 aliphatic rings. The van der Waals surface area contributed by atoms with Gasteiger partial charge in [0.1, 0.15) is 17.1 Å². The number of carbonyl (C=O) groups is 1. The number of halogens is 1. The normalized spacial score (nSPS) is 15.3. The Hall–Kier alpha value is -2.53. The zero-order valence-corrected chi connectivity index (χ0v) is 16.2. The van der Waals surface area contributed by atoms with Crippen LogP contribution in [-0.2, 0) is 0 Å². The molecule has 3 heterocycles. The van der Waals surface area contributed by atoms with Crippen molar-refractivity contribution in [2.45, 2.75) is 26.7 Å². The molecule has 0 unspecified atom stereocenters. The van der Waals surface area contributed by atoms with E-state index in [1.165, 1.54) is 0 Å². The van der Waals surface area contributed by atoms with E-state index >= 15 is 0 Å². The lowest BCUT2D eigenvalue weighted by atomic mass is 9.99. The number of hydrogen-bond acceptors (Lipinski definition) is 3. The summed E-state index contributed by atoms with van der Waals surface area (Å²) in [6.07, 6.45) is 2.05. The Balaban J connectivity index is 1.78. The van der Waals surface area contributed by atoms with E-state index in [2.05, 4.69) is 12.0 Å². The van der Waals surface area contributed by atoms with Crippen molar-refractivity contribution >= 4 is 17.5 Å². The molecule has 3 aromatic rings. The van der Waals surface area contributed by atoms with Gasteiger partial charge in [0, 0.05) is 19.2 Å². The van der Waals surface area contributed by atoms with Crippen molar-refractivity contribution in [3.05, 3.63) is 58.9 Å². The molecule has 0 saturated carbocycles. The summed E-state index contributed by atoms with van der Waals surface area (Å²) in [5, 5.41) is 5.19. The number of hydrogen-bond donors (Lipinski definition) is 0. The molecule has 1 saturated heterocycles. The lowest BCUT2D eigenvalue weighted by Gasteiger charge is -2.30. The minimum Gasteiger partial charge on any atom is -0.460 e. The molecule has 1 fully saturated rings. The maximum atomic E-state index is 13.3. The van der Waals surface area contributed by atoms with E-state index in [0.29, 0.717) is 33.8 Å². The van der Waals surface area contributed by atoms with Crippen molar-refractivity contribution < 1.29 is 9.21 Å². The maximum absolute atomic E-state index is 13.3. The lowest BCUT2D eigenvalue weighted by Crippen LogP contribution is -2.38. The standard InChI is InChI=1S/C21H22ClN3O2/c1-14-9-11-24(12-10-14)21(26)19-13-17(20-8-7-15(2)27-20)23-25(19)18-6-4-3-5-16(18)22/h3-8,13-14H,9-12H2,1-2H3. The fourth-order valence-corrected chi connectivity index (χ4v) is 3.62. The molecule has 5 nitrogen and oxygen atoms in total. The summed E-state index contributed by atoms with van der Waals surface area (Å²) in [5.41, 5.74) is 1.81. The van der Waals surface area contributed by atoms with Crippen LogP contribution in [0, 0.1) is 12.8 Å². The fraction of sp³-hybridized carbons (Fsp3) is 0.333. The Morgan fingerprint density at radius 3 is 2.59 bits per heavy atom. The van der Waals surface area contributed by atoms with Crippen molar-refractivity contribution in [2.24, 2.45) is 5.92 Å². The van der Waals surface area contributed by atoms with Gasteiger partial charge in [-0.2, -0.15) is 5.10 Å². The SMILES string of the molecule is Cc1ccc(-c2cc(C(=O)N3CCC(C)CC3)n(-c3ccccc3Cl)n2)o1. The third-order valence-electron chi connectivity index (χ3n) is 5.07. The lowest BCUT2D eigenvalue weighted by molar-refractivity contribution is 0.0688. The number of nitrogens with zero attached hydrogens (tertiary/aromatic N) is 3. The van der Waals surface area contributed by atoms with Crippen LogP contribution in [0.15, 0.2) is 46.9 Å². The van der Waals surface area contributed by atoms with Crippen LogP contribution in [0.4, 0.5) is 0 Å². The second kappa shape index (κ2) is 7.24. The maximum Gasteiger partial charge on any atom is 0.272 e. The van der Waals surface area contributed by atoms with E-state index in [-0.39, 0.29) is 5.91 Å². The molecule has 2 aromatic heterocycles. The summed E-state index contributed by atoms with van der Waals surface area (Å²) >= 11 is 6.39. The zero-order valence-electron chi connectivity index (χ0n) is 15.5. The summed E-state index contributed by atoms with van der Waals surface area (Å²) in [5.74, 6) is 2.07. The molecule has 0 atom stereocenters. The number of benzene rings is 1. The fourth-order valence-electron chi connectivity index (χ4n) is 3.41. The summed E-state index contributed by atoms with van der Waals surface area (Å²) < 4.78 is 7.34. The largest absolute Gasteiger partial charge is 0.460 e. The topological polar surface area (TPSA) is 51.3 Å². The molecule has 0 N–H and O–H groups in total. The number of para-hydroxylation sites is 1. The molecule has 1 aliphatic heterocycles. The van der Waals surface area contributed by atoms with Gasteiger partial charge in [0.25, 0.3) is 5.91 Å². The van der Waals surface area contributed by atoms with E-state index in [9.17, 15) is 4.79 Å². The second-order valence-electron chi connectivity index (χ2n) is 7.16. The molecule has 140 valence electrons. The van der Waals surface area contributed by atoms with E-state index in [0.717, 1.165) is 31.7 Å². The van der Waals surface area contributed by atoms with E-state index < -0.39 is 0 Å². The molecule has 4 rings (SSSR count). The minimum atomic E-state index is -0.0242. The first kappa shape index (κ1) is 17.9. The van der Waals surface area contributed by atoms with Crippen LogP contribution < -0.4 is 0 Å². The van der Waals surface area contributed by atoms with Crippen LogP contribution in [0.3, 0.4) is 0 Å². The average Bonchev–Trinajstić information content (AvgIpc) is 3.28. The summed E-state index contributed by atoms with van der Waals surface area (Å²) in [7, 11) is 0. The van der Waals surface area contributed by atoms with Crippen LogP contribution in [-0.4, -0.2) is 33.7 Å². The number of piperidine rings is 1. The zero-order chi connectivity index (χ0) is 19.0. The highest BCUT2D eigenvalue weighted by molar-refractivity contribution is 6.32. The Labute approximate surface area is 163 Å². The first-order chi connectivity index (χ1) is 13.0. The number of carbonyl (C=O) groups excluding carboxylic acids is 1. The van der Waals surface area contributed by atoms with Gasteiger partial charge in [-0.1, -0.05) is 30.7 Å². The van der Waals surface area contributed by atoms with Crippen LogP contribution in [0.2, 0.25) is 5.02 Å². The van der Waals surface area contributed by atoms with E-state index in [4.69, 9.17) is 16.0 Å². The van der Waals surface area contributed by atoms with Gasteiger partial charge in [0.15, 0.2) is 5.76 Å². The number of amides is 1. The van der Waals surface area contributed by atoms with Crippen molar-refractivity contribution in [1.29, 1.82) is 0 Å². The highest BCUT2D eigenvalue weighted by Gasteiger charge is 2.26. The van der Waals surface area contributed by atoms with E-state index in [1.807, 2.05) is 42.2 Å². The van der Waals surface area contributed by atoms with Crippen molar-refractivity contribution in [3.8, 4) is 17.1 Å². The predicted octanol–water partition coefficient (Wildman–Crippen LogP) is 4.97. The summed E-state index contributed by atoms with van der Waals surface area (Å²) in [6.45, 7) is 5.65. The Kier molecular flexibility index (Phi) is 4.79. The van der Waals surface area contributed by atoms with Gasteiger partial charge < -0.3 is 9.32 Å². The predicted molar refractivity (Wildman–Crippen MR) is 105 cm³/mol. The molecule has 6 heteroatoms. The highest BCUT2D eigenvalue weighted by atomic mass is 35.5. The quantitative estimate of drug-likeness (QED) is 0.641. The van der Waals surface area contributed by atoms with Crippen LogP contribution in [0.25, 0.3) is 17.1 Å². The highest BCUT2D eigenvalue weighted by Crippen LogP contribution is 2.28. The molecule has 0 spiro atoms. The third kappa shape index (κ3) is 3.52. The number of rotatable bonds is 3. The van der Waals surface area contributed by atoms with Gasteiger partial charge in [-0.25, -0.2) is 4.68 Å². The van der Waals surface area contributed by atoms with E-state index in [1.54, 1.807) is 16.8 Å². The van der Waals surface area contributed by atoms with Crippen molar-refractivity contribution in [3.63, 3.8) is 0 Å². The molecular formula is C21H22ClN3O2. The Morgan fingerprint density at radius 2 is 1.93 bits per heavy atom. The van der Waals surface area contributed by atoms with Gasteiger partial charge in [-0.3, -0.25) is 4.79 Å². The van der Waals surface area contributed by atoms with Crippen LogP contribution in [0.1, 0.15) is 36.0 Å². The number of likely N-dealkylation sites (tertiary alicyclic amines) is 1. The first-order valence-electron chi connectivity index (χ1n) is 9.24. The number of furan rings is 1. The van der Waals surface area contributed by atoms with Gasteiger partial charge in [-0.15, -0.1) is 0 Å². The Morgan fingerprint density at radius 1 is 1.19 bits per heavy atom. The Bertz CT molecular complexity index is 967. The smallest absolute Gasteiger partial charge is 0.272 e. The van der Waals surface area contributed by atoms with Crippen LogP contribution in [0.5, 0.6) is 0 Å². The monoisotopic (exact) mass is 383 g/mol. The van der Waals surface area contributed by atoms with Gasteiger partial charge in [0.05, 0.1) is 10.7 Å². The van der Waals surface area contributed by atoms with Gasteiger partial charge in [0.2, 0.25) is 0 Å². The molecule has 1 amide bonds. The number of aryl methyl sites for hydroxylation is 1. The molecule has 1 aromatic carbocycles. The minimum absolute atomic E-state index is 0.0242. The molecule has 0 aliphatic carbocycles. The molecule has 27 heavy (non-hydrogen) atoms. The summed E-state index contributed by atoms with van der Waals surface area (Å²) in [6, 6.07) is 13.0. The van der Waals surface area contributed by atoms with Crippen LogP contribution >= 0.6 is 11.6 Å². The molecular weight excluding hydrogens is 362 g/mol. The van der Waals surface area contributed by atoms with Crippen molar-refractivity contribution in [2.75, 3.05) is 13.1 Å². The number of aromatic nitrogens is 2. The second-order valence-corrected chi connectivity index (χ2v) is 7.57. The van der Waals surface area contributed by atoms with Gasteiger partial charge in [-0.05, 0) is 49.9 Å². The first-order valence-corrected chi connectivity index (χ1v) is 9.62. The molecule has 0 bridgehead atoms.